The van der Waals surface area contributed by atoms with Crippen LogP contribution >= 0.6 is 11.3 Å². The average molecular weight is 438 g/mol. The van der Waals surface area contributed by atoms with E-state index in [1.807, 2.05) is 25.3 Å². The minimum absolute atomic E-state index is 0.0109. The number of sulfonamides is 1. The zero-order chi connectivity index (χ0) is 21.2. The summed E-state index contributed by atoms with van der Waals surface area (Å²) in [6, 6.07) is 6.35. The van der Waals surface area contributed by atoms with Crippen molar-refractivity contribution in [3.8, 4) is 0 Å². The smallest absolute Gasteiger partial charge is 0.300 e. The highest BCUT2D eigenvalue weighted by molar-refractivity contribution is 7.89. The molecule has 9 nitrogen and oxygen atoms in total. The number of thiazole rings is 1. The number of nitrogens with two attached hydrogens (primary N) is 1. The fourth-order valence-electron chi connectivity index (χ4n) is 2.72. The van der Waals surface area contributed by atoms with Gasteiger partial charge in [0, 0.05) is 25.4 Å². The molecule has 0 saturated heterocycles. The molecule has 11 heteroatoms. The second-order valence-corrected chi connectivity index (χ2v) is 9.17. The van der Waals surface area contributed by atoms with Crippen LogP contribution in [0.3, 0.4) is 0 Å². The van der Waals surface area contributed by atoms with E-state index in [1.54, 1.807) is 23.0 Å². The number of rotatable bonds is 7. The van der Waals surface area contributed by atoms with Gasteiger partial charge in [0.2, 0.25) is 10.0 Å². The average Bonchev–Trinajstić information content (AvgIpc) is 3.26. The number of primary sulfonamides is 1. The number of benzene rings is 1. The van der Waals surface area contributed by atoms with Gasteiger partial charge < -0.3 is 9.30 Å². The minimum atomic E-state index is -3.83. The molecule has 0 saturated carbocycles. The number of aromatic nitrogens is 3. The largest absolute Gasteiger partial charge is 0.380 e. The van der Waals surface area contributed by atoms with Crippen molar-refractivity contribution in [2.75, 3.05) is 13.2 Å². The first-order chi connectivity index (χ1) is 13.7. The Balaban J connectivity index is 2.09. The van der Waals surface area contributed by atoms with E-state index >= 15 is 0 Å². The molecule has 0 fully saturated rings. The van der Waals surface area contributed by atoms with Gasteiger partial charge in [0.25, 0.3) is 5.91 Å². The maximum atomic E-state index is 12.6. The van der Waals surface area contributed by atoms with Crippen molar-refractivity contribution < 1.29 is 17.9 Å². The zero-order valence-corrected chi connectivity index (χ0v) is 18.0. The summed E-state index contributed by atoms with van der Waals surface area (Å²) in [6.07, 6.45) is 1.74. The number of amides is 1. The maximum Gasteiger partial charge on any atom is 0.300 e. The molecule has 2 heterocycles. The van der Waals surface area contributed by atoms with Gasteiger partial charge in [0.15, 0.2) is 10.5 Å². The molecule has 3 rings (SSSR count). The number of ether oxygens (including phenoxy) is 1. The molecule has 0 radical (unpaired) electrons. The van der Waals surface area contributed by atoms with E-state index in [1.165, 1.54) is 23.5 Å². The first kappa shape index (κ1) is 21.4. The van der Waals surface area contributed by atoms with Gasteiger partial charge in [-0.15, -0.1) is 0 Å². The highest BCUT2D eigenvalue weighted by atomic mass is 32.2. The topological polar surface area (TPSA) is 122 Å². The maximum absolute atomic E-state index is 12.6. The number of carbonyl (C=O) groups is 1. The number of hydrogen-bond acceptors (Lipinski definition) is 6. The molecular formula is C18H23N5O4S2. The van der Waals surface area contributed by atoms with Gasteiger partial charge in [-0.3, -0.25) is 9.48 Å². The molecule has 0 unspecified atom stereocenters. The van der Waals surface area contributed by atoms with Gasteiger partial charge in [-0.05, 0) is 45.0 Å². The van der Waals surface area contributed by atoms with E-state index in [-0.39, 0.29) is 16.6 Å². The molecule has 1 aromatic carbocycles. The number of hydrogen-bond donors (Lipinski definition) is 1. The van der Waals surface area contributed by atoms with Crippen LogP contribution in [0.15, 0.2) is 40.4 Å². The van der Waals surface area contributed by atoms with E-state index in [0.29, 0.717) is 29.3 Å². The Morgan fingerprint density at radius 3 is 2.72 bits per heavy atom. The Morgan fingerprint density at radius 1 is 1.34 bits per heavy atom. The highest BCUT2D eigenvalue weighted by Gasteiger charge is 2.15. The predicted molar refractivity (Wildman–Crippen MR) is 110 cm³/mol. The quantitative estimate of drug-likeness (QED) is 0.566. The van der Waals surface area contributed by atoms with E-state index in [0.717, 1.165) is 5.52 Å². The lowest BCUT2D eigenvalue weighted by Crippen LogP contribution is -2.20. The first-order valence-electron chi connectivity index (χ1n) is 9.09. The van der Waals surface area contributed by atoms with Gasteiger partial charge in [-0.2, -0.15) is 10.1 Å². The second-order valence-electron chi connectivity index (χ2n) is 6.60. The van der Waals surface area contributed by atoms with Crippen LogP contribution in [0.5, 0.6) is 0 Å². The van der Waals surface area contributed by atoms with Gasteiger partial charge in [0.1, 0.15) is 0 Å². The van der Waals surface area contributed by atoms with Crippen molar-refractivity contribution in [1.82, 2.24) is 14.3 Å². The van der Waals surface area contributed by atoms with Crippen molar-refractivity contribution in [3.63, 3.8) is 0 Å². The zero-order valence-electron chi connectivity index (χ0n) is 16.4. The Hall–Kier alpha value is -2.34. The van der Waals surface area contributed by atoms with Crippen LogP contribution in [0.2, 0.25) is 0 Å². The van der Waals surface area contributed by atoms with Crippen LogP contribution < -0.4 is 9.94 Å². The predicted octanol–water partition coefficient (Wildman–Crippen LogP) is 1.91. The highest BCUT2D eigenvalue weighted by Crippen LogP contribution is 2.21. The summed E-state index contributed by atoms with van der Waals surface area (Å²) < 4.78 is 32.9. The van der Waals surface area contributed by atoms with Crippen LogP contribution in [0.4, 0.5) is 0 Å². The molecule has 2 N–H and O–H groups in total. The summed E-state index contributed by atoms with van der Waals surface area (Å²) in [5.41, 5.74) is 0.999. The molecule has 29 heavy (non-hydrogen) atoms. The molecule has 1 amide bonds. The van der Waals surface area contributed by atoms with Crippen LogP contribution in [0.25, 0.3) is 10.2 Å². The monoisotopic (exact) mass is 437 g/mol. The standard InChI is InChI=1S/C18H23N5O4S2/c1-4-27-10-9-22-15-6-5-13(29(19,25)26)11-16(15)28-18(22)20-17(24)14-7-8-23(21-14)12(2)3/h5-8,11-12H,4,9-10H2,1-3H3,(H2,19,25,26). The third kappa shape index (κ3) is 4.81. The number of nitrogens with zero attached hydrogens (tertiary/aromatic N) is 4. The fraction of sp³-hybridized carbons (Fsp3) is 0.389. The Labute approximate surface area is 172 Å². The summed E-state index contributed by atoms with van der Waals surface area (Å²) in [5.74, 6) is -0.465. The van der Waals surface area contributed by atoms with Crippen molar-refractivity contribution in [2.24, 2.45) is 10.1 Å². The van der Waals surface area contributed by atoms with E-state index < -0.39 is 15.9 Å². The van der Waals surface area contributed by atoms with Gasteiger partial charge in [-0.1, -0.05) is 11.3 Å². The van der Waals surface area contributed by atoms with Crippen LogP contribution in [0, 0.1) is 0 Å². The fourth-order valence-corrected chi connectivity index (χ4v) is 4.42. The summed E-state index contributed by atoms with van der Waals surface area (Å²) in [5, 5.41) is 9.50. The minimum Gasteiger partial charge on any atom is -0.380 e. The van der Waals surface area contributed by atoms with E-state index in [2.05, 4.69) is 10.1 Å². The molecule has 0 aliphatic rings. The Kier molecular flexibility index (Phi) is 6.32. The van der Waals surface area contributed by atoms with Crippen LogP contribution in [-0.4, -0.2) is 41.9 Å². The molecule has 2 aromatic heterocycles. The molecule has 0 aliphatic carbocycles. The van der Waals surface area contributed by atoms with Crippen molar-refractivity contribution in [1.29, 1.82) is 0 Å². The van der Waals surface area contributed by atoms with E-state index in [9.17, 15) is 13.2 Å². The van der Waals surface area contributed by atoms with E-state index in [4.69, 9.17) is 9.88 Å². The molecule has 0 aliphatic heterocycles. The summed E-state index contributed by atoms with van der Waals surface area (Å²) in [6.45, 7) is 7.30. The van der Waals surface area contributed by atoms with Crippen LogP contribution in [0.1, 0.15) is 37.3 Å². The lowest BCUT2D eigenvalue weighted by Gasteiger charge is -2.06. The molecular weight excluding hydrogens is 414 g/mol. The molecule has 3 aromatic rings. The Morgan fingerprint density at radius 2 is 2.10 bits per heavy atom. The Bertz CT molecular complexity index is 1200. The lowest BCUT2D eigenvalue weighted by atomic mass is 10.3. The normalized spacial score (nSPS) is 12.9. The molecule has 156 valence electrons. The molecule has 0 bridgehead atoms. The number of fused-ring (bicyclic) bond motifs is 1. The third-order valence-corrected chi connectivity index (χ3v) is 6.15. The number of carbonyl (C=O) groups excluding carboxylic acids is 1. The van der Waals surface area contributed by atoms with Gasteiger partial charge in [-0.25, -0.2) is 13.6 Å². The summed E-state index contributed by atoms with van der Waals surface area (Å²) >= 11 is 1.21. The van der Waals surface area contributed by atoms with Crippen molar-refractivity contribution in [3.05, 3.63) is 41.0 Å². The lowest BCUT2D eigenvalue weighted by molar-refractivity contribution is 0.0991. The van der Waals surface area contributed by atoms with Crippen molar-refractivity contribution in [2.45, 2.75) is 38.3 Å². The van der Waals surface area contributed by atoms with Crippen molar-refractivity contribution >= 4 is 37.5 Å². The first-order valence-corrected chi connectivity index (χ1v) is 11.4. The third-order valence-electron chi connectivity index (χ3n) is 4.20. The molecule has 0 spiro atoms. The van der Waals surface area contributed by atoms with Gasteiger partial charge >= 0.3 is 0 Å². The SMILES string of the molecule is CCOCCn1c(=NC(=O)c2ccn(C(C)C)n2)sc2cc(S(N)(=O)=O)ccc21. The second kappa shape index (κ2) is 8.57. The van der Waals surface area contributed by atoms with Gasteiger partial charge in [0.05, 0.1) is 21.7 Å². The van der Waals surface area contributed by atoms with Crippen LogP contribution in [-0.2, 0) is 21.3 Å². The molecule has 0 atom stereocenters. The summed E-state index contributed by atoms with van der Waals surface area (Å²) in [7, 11) is -3.83. The summed E-state index contributed by atoms with van der Waals surface area (Å²) in [4.78, 5) is 17.3.